The lowest BCUT2D eigenvalue weighted by molar-refractivity contribution is 0.593. The smallest absolute Gasteiger partial charge is 0.224 e. The fourth-order valence-corrected chi connectivity index (χ4v) is 1.44. The summed E-state index contributed by atoms with van der Waals surface area (Å²) in [5, 5.41) is 7.44. The highest BCUT2D eigenvalue weighted by Crippen LogP contribution is 2.17. The van der Waals surface area contributed by atoms with Gasteiger partial charge in [-0.1, -0.05) is 11.6 Å². The van der Waals surface area contributed by atoms with Crippen molar-refractivity contribution in [2.24, 2.45) is 0 Å². The Morgan fingerprint density at radius 2 is 2.29 bits per heavy atom. The van der Waals surface area contributed by atoms with Crippen LogP contribution in [0.3, 0.4) is 0 Å². The van der Waals surface area contributed by atoms with Crippen LogP contribution in [0, 0.1) is 12.7 Å². The molecule has 2 aromatic rings. The Balaban J connectivity index is 2.46. The molecule has 0 unspecified atom stereocenters. The summed E-state index contributed by atoms with van der Waals surface area (Å²) in [6, 6.07) is 0. The molecule has 2 rings (SSSR count). The van der Waals surface area contributed by atoms with Crippen LogP contribution in [0.5, 0.6) is 0 Å². The van der Waals surface area contributed by atoms with Crippen LogP contribution in [-0.4, -0.2) is 26.3 Å². The number of nitrogens with one attached hydrogen (secondary N) is 1. The molecule has 0 amide bonds. The third-order valence-corrected chi connectivity index (χ3v) is 2.49. The molecule has 0 aliphatic rings. The van der Waals surface area contributed by atoms with Crippen LogP contribution in [0.15, 0.2) is 12.4 Å². The van der Waals surface area contributed by atoms with Gasteiger partial charge in [-0.25, -0.2) is 14.1 Å². The fourth-order valence-electron chi connectivity index (χ4n) is 1.31. The maximum atomic E-state index is 13.6. The van der Waals surface area contributed by atoms with E-state index >= 15 is 0 Å². The topological polar surface area (TPSA) is 55.6 Å². The monoisotopic (exact) mass is 255 g/mol. The molecule has 0 saturated carbocycles. The summed E-state index contributed by atoms with van der Waals surface area (Å²) in [6.45, 7) is 4.30. The van der Waals surface area contributed by atoms with Crippen molar-refractivity contribution >= 4 is 17.5 Å². The highest BCUT2D eigenvalue weighted by molar-refractivity contribution is 6.31. The minimum Gasteiger partial charge on any atom is -0.354 e. The van der Waals surface area contributed by atoms with E-state index < -0.39 is 5.82 Å². The highest BCUT2D eigenvalue weighted by atomic mass is 35.5. The van der Waals surface area contributed by atoms with Gasteiger partial charge >= 0.3 is 0 Å². The van der Waals surface area contributed by atoms with Crippen LogP contribution in [0.2, 0.25) is 5.02 Å². The number of hydrogen-bond acceptors (Lipinski definition) is 4. The molecule has 17 heavy (non-hydrogen) atoms. The number of hydrogen-bond donors (Lipinski definition) is 1. The van der Waals surface area contributed by atoms with Gasteiger partial charge in [0.25, 0.3) is 0 Å². The molecule has 0 radical (unpaired) electrons. The first-order valence-corrected chi connectivity index (χ1v) is 5.48. The molecule has 0 spiro atoms. The summed E-state index contributed by atoms with van der Waals surface area (Å²) in [6.07, 6.45) is 2.61. The first kappa shape index (κ1) is 11.8. The van der Waals surface area contributed by atoms with Gasteiger partial charge in [0, 0.05) is 6.54 Å². The van der Waals surface area contributed by atoms with Crippen molar-refractivity contribution in [3.63, 3.8) is 0 Å². The predicted molar refractivity (Wildman–Crippen MR) is 63.0 cm³/mol. The molecule has 1 N–H and O–H groups in total. The summed E-state index contributed by atoms with van der Waals surface area (Å²) in [5.74, 6) is -0.120. The zero-order valence-corrected chi connectivity index (χ0v) is 10.2. The van der Waals surface area contributed by atoms with E-state index in [9.17, 15) is 4.39 Å². The standard InChI is InChI=1S/C10H11ClFN5/c1-3-13-10-14-4-8(12)9(15-10)17-5-7(11)6(2)16-17/h4-5H,3H2,1-2H3,(H,13,14,15). The Bertz CT molecular complexity index is 520. The van der Waals surface area contributed by atoms with Crippen molar-refractivity contribution in [3.8, 4) is 5.82 Å². The number of halogens is 2. The van der Waals surface area contributed by atoms with Gasteiger partial charge in [0.15, 0.2) is 11.6 Å². The first-order chi connectivity index (χ1) is 8.11. The van der Waals surface area contributed by atoms with Crippen LogP contribution in [-0.2, 0) is 0 Å². The van der Waals surface area contributed by atoms with E-state index in [1.807, 2.05) is 6.92 Å². The van der Waals surface area contributed by atoms with E-state index in [-0.39, 0.29) is 5.82 Å². The molecule has 7 heteroatoms. The molecule has 2 aromatic heterocycles. The van der Waals surface area contributed by atoms with Crippen molar-refractivity contribution in [2.75, 3.05) is 11.9 Å². The number of aromatic nitrogens is 4. The van der Waals surface area contributed by atoms with Crippen LogP contribution in [0.1, 0.15) is 12.6 Å². The molecular formula is C10H11ClFN5. The van der Waals surface area contributed by atoms with Gasteiger partial charge in [-0.3, -0.25) is 0 Å². The van der Waals surface area contributed by atoms with Crippen molar-refractivity contribution in [1.82, 2.24) is 19.7 Å². The molecule has 0 fully saturated rings. The average molecular weight is 256 g/mol. The molecule has 2 heterocycles. The minimum absolute atomic E-state index is 0.0750. The maximum absolute atomic E-state index is 13.6. The fraction of sp³-hybridized carbons (Fsp3) is 0.300. The van der Waals surface area contributed by atoms with Crippen molar-refractivity contribution in [2.45, 2.75) is 13.8 Å². The molecule has 0 aromatic carbocycles. The average Bonchev–Trinajstić information content (AvgIpc) is 2.62. The van der Waals surface area contributed by atoms with E-state index in [4.69, 9.17) is 11.6 Å². The Labute approximate surface area is 103 Å². The van der Waals surface area contributed by atoms with Gasteiger partial charge in [-0.15, -0.1) is 0 Å². The van der Waals surface area contributed by atoms with E-state index in [1.165, 1.54) is 10.9 Å². The van der Waals surface area contributed by atoms with Gasteiger partial charge in [-0.2, -0.15) is 10.1 Å². The maximum Gasteiger partial charge on any atom is 0.224 e. The zero-order chi connectivity index (χ0) is 12.4. The number of rotatable bonds is 3. The quantitative estimate of drug-likeness (QED) is 0.914. The van der Waals surface area contributed by atoms with Gasteiger partial charge in [0.05, 0.1) is 23.1 Å². The van der Waals surface area contributed by atoms with Crippen molar-refractivity contribution in [1.29, 1.82) is 0 Å². The van der Waals surface area contributed by atoms with Crippen LogP contribution < -0.4 is 5.32 Å². The van der Waals surface area contributed by atoms with Crippen LogP contribution >= 0.6 is 11.6 Å². The first-order valence-electron chi connectivity index (χ1n) is 5.10. The van der Waals surface area contributed by atoms with Gasteiger partial charge in [0.2, 0.25) is 5.95 Å². The van der Waals surface area contributed by atoms with Crippen molar-refractivity contribution < 1.29 is 4.39 Å². The summed E-state index contributed by atoms with van der Waals surface area (Å²) < 4.78 is 14.9. The van der Waals surface area contributed by atoms with Crippen molar-refractivity contribution in [3.05, 3.63) is 28.9 Å². The second kappa shape index (κ2) is 4.67. The zero-order valence-electron chi connectivity index (χ0n) is 9.41. The largest absolute Gasteiger partial charge is 0.354 e. The van der Waals surface area contributed by atoms with E-state index in [2.05, 4.69) is 20.4 Å². The Hall–Kier alpha value is -1.69. The van der Waals surface area contributed by atoms with Crippen LogP contribution in [0.25, 0.3) is 5.82 Å². The molecule has 0 aliphatic carbocycles. The van der Waals surface area contributed by atoms with Gasteiger partial charge in [0.1, 0.15) is 0 Å². The van der Waals surface area contributed by atoms with Crippen LogP contribution in [0.4, 0.5) is 10.3 Å². The summed E-state index contributed by atoms with van der Waals surface area (Å²) >= 11 is 5.87. The molecule has 0 bridgehead atoms. The predicted octanol–water partition coefficient (Wildman–Crippen LogP) is 2.20. The Morgan fingerprint density at radius 3 is 2.88 bits per heavy atom. The number of aryl methyl sites for hydroxylation is 1. The molecule has 0 saturated heterocycles. The van der Waals surface area contributed by atoms with E-state index in [0.717, 1.165) is 6.20 Å². The normalized spacial score (nSPS) is 10.6. The summed E-state index contributed by atoms with van der Waals surface area (Å²) in [7, 11) is 0. The SMILES string of the molecule is CCNc1ncc(F)c(-n2cc(Cl)c(C)n2)n1. The third kappa shape index (κ3) is 2.36. The molecule has 0 aliphatic heterocycles. The molecule has 5 nitrogen and oxygen atoms in total. The van der Waals surface area contributed by atoms with E-state index in [0.29, 0.717) is 23.2 Å². The number of anilines is 1. The number of nitrogens with zero attached hydrogens (tertiary/aromatic N) is 4. The molecular weight excluding hydrogens is 245 g/mol. The lowest BCUT2D eigenvalue weighted by atomic mass is 10.5. The molecule has 90 valence electrons. The van der Waals surface area contributed by atoms with E-state index in [1.54, 1.807) is 6.92 Å². The lowest BCUT2D eigenvalue weighted by Crippen LogP contribution is -2.08. The summed E-state index contributed by atoms with van der Waals surface area (Å²) in [4.78, 5) is 7.84. The lowest BCUT2D eigenvalue weighted by Gasteiger charge is -2.05. The summed E-state index contributed by atoms with van der Waals surface area (Å²) in [5.41, 5.74) is 0.620. The Kier molecular flexibility index (Phi) is 3.23. The highest BCUT2D eigenvalue weighted by Gasteiger charge is 2.11. The Morgan fingerprint density at radius 1 is 1.53 bits per heavy atom. The second-order valence-corrected chi connectivity index (χ2v) is 3.81. The van der Waals surface area contributed by atoms with Gasteiger partial charge in [-0.05, 0) is 13.8 Å². The second-order valence-electron chi connectivity index (χ2n) is 3.40. The molecule has 0 atom stereocenters. The minimum atomic E-state index is -0.550. The third-order valence-electron chi connectivity index (χ3n) is 2.12. The van der Waals surface area contributed by atoms with Gasteiger partial charge < -0.3 is 5.32 Å².